The Balaban J connectivity index is 3.15. The number of phenols is 1. The Labute approximate surface area is 136 Å². The molecule has 4 heteroatoms. The molecule has 2 N–H and O–H groups in total. The van der Waals surface area contributed by atoms with Gasteiger partial charge < -0.3 is 14.6 Å². The molecule has 1 aromatic carbocycles. The molecule has 1 aromatic rings. The van der Waals surface area contributed by atoms with Crippen molar-refractivity contribution < 1.29 is 14.6 Å². The van der Waals surface area contributed by atoms with Crippen LogP contribution in [-0.4, -0.2) is 18.5 Å². The predicted molar refractivity (Wildman–Crippen MR) is 94.6 cm³/mol. The van der Waals surface area contributed by atoms with Gasteiger partial charge in [-0.2, -0.15) is 0 Å². The van der Waals surface area contributed by atoms with Crippen molar-refractivity contribution in [1.29, 1.82) is 0 Å². The largest absolute Gasteiger partial charge is 0.508 e. The quantitative estimate of drug-likeness (QED) is 0.730. The lowest BCUT2D eigenvalue weighted by atomic mass is 9.85. The molecule has 0 spiro atoms. The van der Waals surface area contributed by atoms with Gasteiger partial charge in [-0.15, -0.1) is 0 Å². The summed E-state index contributed by atoms with van der Waals surface area (Å²) in [7, 11) is -1.87. The van der Waals surface area contributed by atoms with Crippen LogP contribution < -0.4 is 0 Å². The number of aliphatic hydroxyl groups is 1. The lowest BCUT2D eigenvalue weighted by Crippen LogP contribution is -2.40. The molecule has 0 atom stereocenters. The van der Waals surface area contributed by atoms with E-state index in [9.17, 15) is 10.2 Å². The van der Waals surface area contributed by atoms with E-state index in [0.29, 0.717) is 25.0 Å². The Morgan fingerprint density at radius 1 is 1.09 bits per heavy atom. The van der Waals surface area contributed by atoms with Crippen LogP contribution in [0, 0.1) is 0 Å². The van der Waals surface area contributed by atoms with Crippen LogP contribution in [0.25, 0.3) is 0 Å². The average Bonchev–Trinajstić information content (AvgIpc) is 2.43. The number of rotatable bonds is 6. The molecule has 0 radical (unpaired) electrons. The van der Waals surface area contributed by atoms with Gasteiger partial charge in [0.1, 0.15) is 5.75 Å². The second kappa shape index (κ2) is 6.73. The Kier molecular flexibility index (Phi) is 5.87. The maximum atomic E-state index is 10.8. The molecule has 0 aliphatic heterocycles. The summed E-state index contributed by atoms with van der Waals surface area (Å²) in [6, 6.07) is 5.40. The summed E-state index contributed by atoms with van der Waals surface area (Å²) < 4.78 is 6.28. The first kappa shape index (κ1) is 19.2. The lowest BCUT2D eigenvalue weighted by Gasteiger charge is -2.37. The van der Waals surface area contributed by atoms with Crippen LogP contribution in [0.5, 0.6) is 5.75 Å². The summed E-state index contributed by atoms with van der Waals surface area (Å²) in [6.07, 6.45) is 1.13. The molecular weight excluding hydrogens is 292 g/mol. The van der Waals surface area contributed by atoms with Gasteiger partial charge in [0.15, 0.2) is 8.32 Å². The smallest absolute Gasteiger partial charge is 0.192 e. The zero-order valence-corrected chi connectivity index (χ0v) is 16.2. The molecule has 0 aliphatic carbocycles. The van der Waals surface area contributed by atoms with Gasteiger partial charge in [-0.05, 0) is 42.6 Å². The van der Waals surface area contributed by atoms with Crippen molar-refractivity contribution >= 4 is 8.32 Å². The summed E-state index contributed by atoms with van der Waals surface area (Å²) in [6.45, 7) is 15.3. The van der Waals surface area contributed by atoms with Crippen LogP contribution in [0.1, 0.15) is 58.6 Å². The van der Waals surface area contributed by atoms with Gasteiger partial charge >= 0.3 is 0 Å². The molecule has 0 saturated carbocycles. The average molecular weight is 325 g/mol. The van der Waals surface area contributed by atoms with E-state index in [-0.39, 0.29) is 10.8 Å². The Morgan fingerprint density at radius 3 is 2.09 bits per heavy atom. The van der Waals surface area contributed by atoms with Crippen LogP contribution >= 0.6 is 0 Å². The van der Waals surface area contributed by atoms with Crippen molar-refractivity contribution in [2.24, 2.45) is 0 Å². The van der Waals surface area contributed by atoms with E-state index in [1.807, 2.05) is 26.0 Å². The summed E-state index contributed by atoms with van der Waals surface area (Å²) in [5.41, 5.74) is 0.507. The second-order valence-corrected chi connectivity index (χ2v) is 12.4. The highest BCUT2D eigenvalue weighted by Gasteiger charge is 2.38. The number of hydrogen-bond donors (Lipinski definition) is 2. The van der Waals surface area contributed by atoms with Gasteiger partial charge in [0.2, 0.25) is 0 Å². The molecule has 0 saturated heterocycles. The van der Waals surface area contributed by atoms with Crippen LogP contribution in [0.2, 0.25) is 18.1 Å². The highest BCUT2D eigenvalue weighted by molar-refractivity contribution is 6.74. The fourth-order valence-electron chi connectivity index (χ4n) is 2.32. The fourth-order valence-corrected chi connectivity index (χ4v) is 3.27. The molecule has 22 heavy (non-hydrogen) atoms. The highest BCUT2D eigenvalue weighted by atomic mass is 28.4. The molecule has 0 amide bonds. The first-order chi connectivity index (χ1) is 9.98. The van der Waals surface area contributed by atoms with Crippen LogP contribution in [0.15, 0.2) is 18.2 Å². The van der Waals surface area contributed by atoms with Crippen LogP contribution in [0.4, 0.5) is 0 Å². The Hall–Kier alpha value is -0.843. The zero-order chi connectivity index (χ0) is 17.2. The van der Waals surface area contributed by atoms with Crippen molar-refractivity contribution in [2.75, 3.05) is 0 Å². The third kappa shape index (κ3) is 3.92. The van der Waals surface area contributed by atoms with E-state index < -0.39 is 13.9 Å². The van der Waals surface area contributed by atoms with E-state index in [0.717, 1.165) is 5.56 Å². The number of hydrogen-bond acceptors (Lipinski definition) is 3. The van der Waals surface area contributed by atoms with Crippen molar-refractivity contribution in [3.8, 4) is 5.75 Å². The van der Waals surface area contributed by atoms with Gasteiger partial charge in [-0.3, -0.25) is 0 Å². The molecule has 1 rings (SSSR count). The van der Waals surface area contributed by atoms with Crippen molar-refractivity contribution in [3.63, 3.8) is 0 Å². The molecule has 0 aliphatic rings. The molecule has 0 unspecified atom stereocenters. The lowest BCUT2D eigenvalue weighted by molar-refractivity contribution is 0.0242. The fraction of sp³-hybridized carbons (Fsp3) is 0.667. The van der Waals surface area contributed by atoms with Crippen molar-refractivity contribution in [3.05, 3.63) is 29.3 Å². The third-order valence-electron chi connectivity index (χ3n) is 5.16. The molecule has 0 heterocycles. The maximum Gasteiger partial charge on any atom is 0.192 e. The normalized spacial score (nSPS) is 13.5. The Bertz CT molecular complexity index is 500. The van der Waals surface area contributed by atoms with Gasteiger partial charge in [0, 0.05) is 5.56 Å². The summed E-state index contributed by atoms with van der Waals surface area (Å²) in [5, 5.41) is 21.3. The standard InChI is InChI=1S/C18H32O3Si/c1-8-18(20,9-2)16-14(11-10-12-15(16)19)13-21-22(6,7)17(3,4)5/h10-12,19-20H,8-9,13H2,1-7H3. The van der Waals surface area contributed by atoms with Gasteiger partial charge in [0.25, 0.3) is 0 Å². The summed E-state index contributed by atoms with van der Waals surface area (Å²) >= 11 is 0. The monoisotopic (exact) mass is 324 g/mol. The number of aromatic hydroxyl groups is 1. The molecule has 0 fully saturated rings. The minimum Gasteiger partial charge on any atom is -0.508 e. The van der Waals surface area contributed by atoms with Gasteiger partial charge in [-0.25, -0.2) is 0 Å². The predicted octanol–water partition coefficient (Wildman–Crippen LogP) is 4.92. The third-order valence-corrected chi connectivity index (χ3v) is 9.64. The summed E-state index contributed by atoms with van der Waals surface area (Å²) in [4.78, 5) is 0. The topological polar surface area (TPSA) is 49.7 Å². The molecular formula is C18H32O3Si. The number of benzene rings is 1. The van der Waals surface area contributed by atoms with Gasteiger partial charge in [-0.1, -0.05) is 46.8 Å². The van der Waals surface area contributed by atoms with Gasteiger partial charge in [0.05, 0.1) is 12.2 Å². The van der Waals surface area contributed by atoms with E-state index in [1.54, 1.807) is 6.07 Å². The first-order valence-corrected chi connectivity index (χ1v) is 11.1. The minimum absolute atomic E-state index is 0.135. The van der Waals surface area contributed by atoms with Crippen LogP contribution in [-0.2, 0) is 16.6 Å². The Morgan fingerprint density at radius 2 is 1.64 bits per heavy atom. The van der Waals surface area contributed by atoms with E-state index >= 15 is 0 Å². The number of phenolic OH excluding ortho intramolecular Hbond substituents is 1. The highest BCUT2D eigenvalue weighted by Crippen LogP contribution is 2.40. The summed E-state index contributed by atoms with van der Waals surface area (Å²) in [5.74, 6) is 0.155. The molecule has 0 aromatic heterocycles. The minimum atomic E-state index is -1.87. The molecule has 3 nitrogen and oxygen atoms in total. The van der Waals surface area contributed by atoms with E-state index in [2.05, 4.69) is 33.9 Å². The molecule has 126 valence electrons. The molecule has 0 bridgehead atoms. The van der Waals surface area contributed by atoms with E-state index in [1.165, 1.54) is 0 Å². The van der Waals surface area contributed by atoms with E-state index in [4.69, 9.17) is 4.43 Å². The van der Waals surface area contributed by atoms with Crippen molar-refractivity contribution in [1.82, 2.24) is 0 Å². The zero-order valence-electron chi connectivity index (χ0n) is 15.2. The second-order valence-electron chi connectivity index (χ2n) is 7.60. The van der Waals surface area contributed by atoms with Crippen molar-refractivity contribution in [2.45, 2.75) is 77.8 Å². The first-order valence-electron chi connectivity index (χ1n) is 8.16. The maximum absolute atomic E-state index is 10.8. The SMILES string of the molecule is CCC(O)(CC)c1c(O)cccc1CO[Si](C)(C)C(C)(C)C. The van der Waals surface area contributed by atoms with Crippen LogP contribution in [0.3, 0.4) is 0 Å².